The average molecular weight is 221 g/mol. The van der Waals surface area contributed by atoms with Gasteiger partial charge in [-0.2, -0.15) is 0 Å². The largest absolute Gasteiger partial charge is 0.247 e. The number of nitrogens with zero attached hydrogens (tertiary/aromatic N) is 1. The third kappa shape index (κ3) is 2.09. The Hall–Kier alpha value is 0.370. The van der Waals surface area contributed by atoms with Crippen LogP contribution in [0.1, 0.15) is 10.7 Å². The zero-order valence-corrected chi connectivity index (χ0v) is 7.03. The Morgan fingerprint density at radius 1 is 1.50 bits per heavy atom. The molecule has 0 unspecified atom stereocenters. The van der Waals surface area contributed by atoms with Crippen molar-refractivity contribution in [3.8, 4) is 0 Å². The quantitative estimate of drug-likeness (QED) is 0.608. The molecule has 0 saturated carbocycles. The standard InChI is InChI=1S/C5H7NS.Ag/c1-4-3-7-5(2)6-4;/h3H,1-2H3;. The van der Waals surface area contributed by atoms with Crippen LogP contribution in [0.4, 0.5) is 0 Å². The van der Waals surface area contributed by atoms with Gasteiger partial charge in [-0.05, 0) is 13.8 Å². The van der Waals surface area contributed by atoms with E-state index in [0.29, 0.717) is 0 Å². The molecule has 49 valence electrons. The summed E-state index contributed by atoms with van der Waals surface area (Å²) in [6.07, 6.45) is 0. The van der Waals surface area contributed by atoms with Gasteiger partial charge in [-0.1, -0.05) is 0 Å². The van der Waals surface area contributed by atoms with Gasteiger partial charge < -0.3 is 0 Å². The van der Waals surface area contributed by atoms with Crippen LogP contribution in [0.15, 0.2) is 5.38 Å². The minimum atomic E-state index is 0. The van der Waals surface area contributed by atoms with E-state index >= 15 is 0 Å². The molecular weight excluding hydrogens is 214 g/mol. The molecule has 0 aromatic carbocycles. The van der Waals surface area contributed by atoms with Gasteiger partial charge in [0.15, 0.2) is 0 Å². The Balaban J connectivity index is 0.000000490. The van der Waals surface area contributed by atoms with Gasteiger partial charge in [-0.25, -0.2) is 4.98 Å². The Morgan fingerprint density at radius 3 is 2.25 bits per heavy atom. The third-order valence-corrected chi connectivity index (χ3v) is 1.63. The summed E-state index contributed by atoms with van der Waals surface area (Å²) in [5.74, 6) is 0. The number of aromatic nitrogens is 1. The molecule has 1 rings (SSSR count). The normalized spacial score (nSPS) is 8.25. The predicted octanol–water partition coefficient (Wildman–Crippen LogP) is 1.76. The summed E-state index contributed by atoms with van der Waals surface area (Å²) in [6, 6.07) is 0. The van der Waals surface area contributed by atoms with Gasteiger partial charge in [0.1, 0.15) is 0 Å². The Kier molecular flexibility index (Phi) is 3.56. The van der Waals surface area contributed by atoms with E-state index in [-0.39, 0.29) is 22.4 Å². The molecule has 0 aliphatic heterocycles. The van der Waals surface area contributed by atoms with E-state index in [1.54, 1.807) is 11.3 Å². The Labute approximate surface area is 68.7 Å². The first-order valence-corrected chi connectivity index (χ1v) is 3.06. The second kappa shape index (κ2) is 3.41. The van der Waals surface area contributed by atoms with Crippen LogP contribution in [0.5, 0.6) is 0 Å². The van der Waals surface area contributed by atoms with Gasteiger partial charge in [0.25, 0.3) is 0 Å². The van der Waals surface area contributed by atoms with Gasteiger partial charge in [0.05, 0.1) is 5.01 Å². The smallest absolute Gasteiger partial charge is 0.0897 e. The summed E-state index contributed by atoms with van der Waals surface area (Å²) in [7, 11) is 0. The van der Waals surface area contributed by atoms with Crippen molar-refractivity contribution in [2.24, 2.45) is 0 Å². The van der Waals surface area contributed by atoms with Crippen molar-refractivity contribution in [2.45, 2.75) is 13.8 Å². The van der Waals surface area contributed by atoms with Crippen molar-refractivity contribution in [1.82, 2.24) is 4.98 Å². The van der Waals surface area contributed by atoms with Crippen molar-refractivity contribution in [3.05, 3.63) is 16.1 Å². The molecule has 0 amide bonds. The first kappa shape index (κ1) is 8.37. The van der Waals surface area contributed by atoms with E-state index in [0.717, 1.165) is 10.7 Å². The fraction of sp³-hybridized carbons (Fsp3) is 0.400. The molecule has 1 aromatic rings. The molecular formula is C5H7AgNS. The van der Waals surface area contributed by atoms with E-state index in [4.69, 9.17) is 0 Å². The topological polar surface area (TPSA) is 12.9 Å². The molecule has 0 bridgehead atoms. The van der Waals surface area contributed by atoms with Crippen LogP contribution in [0.25, 0.3) is 0 Å². The van der Waals surface area contributed by atoms with Gasteiger partial charge >= 0.3 is 0 Å². The molecule has 0 fully saturated rings. The SMILES string of the molecule is Cc1csc(C)n1.[Ag]. The first-order valence-electron chi connectivity index (χ1n) is 2.18. The third-order valence-electron chi connectivity index (χ3n) is 0.734. The number of rotatable bonds is 0. The van der Waals surface area contributed by atoms with E-state index in [9.17, 15) is 0 Å². The van der Waals surface area contributed by atoms with Crippen LogP contribution in [0.2, 0.25) is 0 Å². The summed E-state index contributed by atoms with van der Waals surface area (Å²) < 4.78 is 0. The molecule has 0 aliphatic carbocycles. The van der Waals surface area contributed by atoms with Crippen LogP contribution in [0, 0.1) is 13.8 Å². The van der Waals surface area contributed by atoms with Crippen molar-refractivity contribution < 1.29 is 22.4 Å². The van der Waals surface area contributed by atoms with Crippen molar-refractivity contribution in [2.75, 3.05) is 0 Å². The molecule has 0 spiro atoms. The maximum absolute atomic E-state index is 4.13. The van der Waals surface area contributed by atoms with Crippen LogP contribution in [-0.4, -0.2) is 4.98 Å². The maximum atomic E-state index is 4.13. The van der Waals surface area contributed by atoms with E-state index in [1.807, 2.05) is 13.8 Å². The van der Waals surface area contributed by atoms with Crippen LogP contribution >= 0.6 is 11.3 Å². The maximum Gasteiger partial charge on any atom is 0.0897 e. The van der Waals surface area contributed by atoms with E-state index in [2.05, 4.69) is 10.4 Å². The van der Waals surface area contributed by atoms with Crippen LogP contribution in [0.3, 0.4) is 0 Å². The first-order chi connectivity index (χ1) is 3.29. The second-order valence-corrected chi connectivity index (χ2v) is 2.57. The number of aryl methyl sites for hydroxylation is 2. The van der Waals surface area contributed by atoms with Crippen LogP contribution in [-0.2, 0) is 22.4 Å². The summed E-state index contributed by atoms with van der Waals surface area (Å²) >= 11 is 1.69. The monoisotopic (exact) mass is 220 g/mol. The molecule has 1 radical (unpaired) electrons. The van der Waals surface area contributed by atoms with Crippen molar-refractivity contribution in [1.29, 1.82) is 0 Å². The molecule has 0 atom stereocenters. The fourth-order valence-electron chi connectivity index (χ4n) is 0.472. The zero-order chi connectivity index (χ0) is 5.28. The predicted molar refractivity (Wildman–Crippen MR) is 31.6 cm³/mol. The average Bonchev–Trinajstić information content (AvgIpc) is 1.87. The van der Waals surface area contributed by atoms with E-state index in [1.165, 1.54) is 0 Å². The summed E-state index contributed by atoms with van der Waals surface area (Å²) in [5.41, 5.74) is 1.13. The fourth-order valence-corrected chi connectivity index (χ4v) is 1.06. The van der Waals surface area contributed by atoms with Gasteiger partial charge in [-0.15, -0.1) is 11.3 Å². The molecule has 8 heavy (non-hydrogen) atoms. The molecule has 1 aromatic heterocycles. The van der Waals surface area contributed by atoms with Crippen LogP contribution < -0.4 is 0 Å². The Morgan fingerprint density at radius 2 is 2.12 bits per heavy atom. The second-order valence-electron chi connectivity index (χ2n) is 1.51. The van der Waals surface area contributed by atoms with Crippen molar-refractivity contribution >= 4 is 11.3 Å². The summed E-state index contributed by atoms with van der Waals surface area (Å²) in [5, 5.41) is 3.20. The van der Waals surface area contributed by atoms with Gasteiger partial charge in [-0.3, -0.25) is 0 Å². The summed E-state index contributed by atoms with van der Waals surface area (Å²) in [6.45, 7) is 4.02. The molecule has 0 N–H and O–H groups in total. The molecule has 3 heteroatoms. The van der Waals surface area contributed by atoms with Gasteiger partial charge in [0.2, 0.25) is 0 Å². The molecule has 1 heterocycles. The van der Waals surface area contributed by atoms with E-state index < -0.39 is 0 Å². The minimum Gasteiger partial charge on any atom is -0.247 e. The molecule has 0 aliphatic rings. The Bertz CT molecular complexity index is 145. The number of hydrogen-bond acceptors (Lipinski definition) is 2. The zero-order valence-electron chi connectivity index (χ0n) is 4.73. The van der Waals surface area contributed by atoms with Gasteiger partial charge in [0, 0.05) is 33.5 Å². The van der Waals surface area contributed by atoms with Crippen molar-refractivity contribution in [3.63, 3.8) is 0 Å². The molecule has 0 saturated heterocycles. The number of thiazole rings is 1. The summed E-state index contributed by atoms with van der Waals surface area (Å²) in [4.78, 5) is 4.13. The molecule has 1 nitrogen and oxygen atoms in total. The number of hydrogen-bond donors (Lipinski definition) is 0. The minimum absolute atomic E-state index is 0.